The summed E-state index contributed by atoms with van der Waals surface area (Å²) in [4.78, 5) is 4.91. The fraction of sp³-hybridized carbons (Fsp3) is 0.0417. The highest BCUT2D eigenvalue weighted by atomic mass is 16.5. The van der Waals surface area contributed by atoms with E-state index in [9.17, 15) is 0 Å². The smallest absolute Gasteiger partial charge is 0.200 e. The van der Waals surface area contributed by atoms with Gasteiger partial charge in [0.25, 0.3) is 0 Å². The predicted molar refractivity (Wildman–Crippen MR) is 108 cm³/mol. The molecule has 27 heavy (non-hydrogen) atoms. The third-order valence-electron chi connectivity index (χ3n) is 4.71. The average molecular weight is 350 g/mol. The Morgan fingerprint density at radius 2 is 1.41 bits per heavy atom. The monoisotopic (exact) mass is 350 g/mol. The van der Waals surface area contributed by atoms with Gasteiger partial charge in [0.05, 0.1) is 5.69 Å². The molecule has 1 unspecified atom stereocenters. The first-order valence-electron chi connectivity index (χ1n) is 9.02. The van der Waals surface area contributed by atoms with Crippen LogP contribution in [0.1, 0.15) is 23.1 Å². The number of imidazole rings is 1. The molecule has 5 rings (SSSR count). The van der Waals surface area contributed by atoms with Gasteiger partial charge in [-0.2, -0.15) is 0 Å². The molecule has 2 heterocycles. The zero-order chi connectivity index (χ0) is 18.1. The number of hydrogen-bond acceptors (Lipinski definition) is 2. The van der Waals surface area contributed by atoms with Gasteiger partial charge in [0.15, 0.2) is 11.9 Å². The molecule has 4 aromatic rings. The van der Waals surface area contributed by atoms with Gasteiger partial charge in [-0.05, 0) is 5.56 Å². The van der Waals surface area contributed by atoms with Crippen LogP contribution in [-0.2, 0) is 4.74 Å². The van der Waals surface area contributed by atoms with E-state index in [2.05, 4.69) is 53.2 Å². The van der Waals surface area contributed by atoms with Crippen molar-refractivity contribution in [1.29, 1.82) is 0 Å². The number of nitrogens with zero attached hydrogens (tertiary/aromatic N) is 2. The van der Waals surface area contributed by atoms with Gasteiger partial charge in [0, 0.05) is 23.4 Å². The summed E-state index contributed by atoms with van der Waals surface area (Å²) in [5.74, 6) is 1.70. The second kappa shape index (κ2) is 6.61. The summed E-state index contributed by atoms with van der Waals surface area (Å²) >= 11 is 0. The van der Waals surface area contributed by atoms with E-state index in [4.69, 9.17) is 9.72 Å². The Hall–Kier alpha value is -3.59. The molecule has 1 atom stereocenters. The predicted octanol–water partition coefficient (Wildman–Crippen LogP) is 5.63. The van der Waals surface area contributed by atoms with Crippen LogP contribution in [0, 0.1) is 0 Å². The van der Waals surface area contributed by atoms with Crippen LogP contribution in [-0.4, -0.2) is 9.55 Å². The Balaban J connectivity index is 1.63. The van der Waals surface area contributed by atoms with Crippen LogP contribution in [0.15, 0.2) is 97.2 Å². The fourth-order valence-electron chi connectivity index (χ4n) is 3.37. The minimum absolute atomic E-state index is 0.210. The van der Waals surface area contributed by atoms with Gasteiger partial charge in [-0.3, -0.25) is 4.57 Å². The Bertz CT molecular complexity index is 1080. The van der Waals surface area contributed by atoms with Crippen LogP contribution in [0.25, 0.3) is 23.2 Å². The van der Waals surface area contributed by atoms with Crippen molar-refractivity contribution in [3.05, 3.63) is 114 Å². The lowest BCUT2D eigenvalue weighted by molar-refractivity contribution is 0.224. The summed E-state index contributed by atoms with van der Waals surface area (Å²) in [6, 6.07) is 30.7. The standard InChI is InChI=1S/C24H18N2O/c1-4-10-18(11-5-1)16-22-26-17-21(19-12-6-2-7-13-19)25-24(26)23(27-22)20-14-8-3-9-15-20/h1-17,23H/b22-16-. The molecule has 3 nitrogen and oxygen atoms in total. The van der Waals surface area contributed by atoms with Crippen molar-refractivity contribution in [3.8, 4) is 11.3 Å². The topological polar surface area (TPSA) is 27.1 Å². The van der Waals surface area contributed by atoms with Crippen LogP contribution in [0.5, 0.6) is 0 Å². The average Bonchev–Trinajstić information content (AvgIpc) is 3.31. The van der Waals surface area contributed by atoms with Crippen molar-refractivity contribution < 1.29 is 4.74 Å². The van der Waals surface area contributed by atoms with Crippen molar-refractivity contribution in [2.45, 2.75) is 6.10 Å². The van der Waals surface area contributed by atoms with E-state index in [0.717, 1.165) is 34.1 Å². The largest absolute Gasteiger partial charge is 0.462 e. The van der Waals surface area contributed by atoms with E-state index < -0.39 is 0 Å². The van der Waals surface area contributed by atoms with Gasteiger partial charge in [-0.15, -0.1) is 0 Å². The number of benzene rings is 3. The molecule has 0 N–H and O–H groups in total. The molecule has 0 radical (unpaired) electrons. The number of fused-ring (bicyclic) bond motifs is 1. The van der Waals surface area contributed by atoms with Crippen LogP contribution in [0.2, 0.25) is 0 Å². The van der Waals surface area contributed by atoms with Gasteiger partial charge in [0.1, 0.15) is 0 Å². The van der Waals surface area contributed by atoms with Crippen molar-refractivity contribution in [3.63, 3.8) is 0 Å². The van der Waals surface area contributed by atoms with E-state index in [1.165, 1.54) is 0 Å². The summed E-state index contributed by atoms with van der Waals surface area (Å²) in [6.07, 6.45) is 3.91. The molecule has 0 bridgehead atoms. The Morgan fingerprint density at radius 3 is 2.11 bits per heavy atom. The van der Waals surface area contributed by atoms with Crippen LogP contribution in [0.4, 0.5) is 0 Å². The quantitative estimate of drug-likeness (QED) is 0.479. The second-order valence-corrected chi connectivity index (χ2v) is 6.52. The minimum Gasteiger partial charge on any atom is -0.462 e. The lowest BCUT2D eigenvalue weighted by Crippen LogP contribution is -1.99. The molecule has 0 fully saturated rings. The molecule has 0 saturated heterocycles. The SMILES string of the molecule is C(=C1/OC(c2ccccc2)c2nc(-c3ccccc3)cn21)/c1ccccc1. The zero-order valence-corrected chi connectivity index (χ0v) is 14.7. The van der Waals surface area contributed by atoms with E-state index in [1.54, 1.807) is 0 Å². The highest BCUT2D eigenvalue weighted by molar-refractivity contribution is 5.71. The van der Waals surface area contributed by atoms with Gasteiger partial charge >= 0.3 is 0 Å². The first-order valence-corrected chi connectivity index (χ1v) is 9.02. The molecule has 0 amide bonds. The number of aromatic nitrogens is 2. The number of hydrogen-bond donors (Lipinski definition) is 0. The molecular formula is C24H18N2O. The first-order chi connectivity index (χ1) is 13.4. The maximum absolute atomic E-state index is 6.31. The third kappa shape index (κ3) is 2.93. The summed E-state index contributed by atoms with van der Waals surface area (Å²) < 4.78 is 8.38. The Labute approximate surface area is 158 Å². The van der Waals surface area contributed by atoms with Crippen LogP contribution < -0.4 is 0 Å². The normalized spacial score (nSPS) is 16.9. The highest BCUT2D eigenvalue weighted by Gasteiger charge is 2.32. The highest BCUT2D eigenvalue weighted by Crippen LogP contribution is 2.39. The molecule has 130 valence electrons. The zero-order valence-electron chi connectivity index (χ0n) is 14.7. The summed E-state index contributed by atoms with van der Waals surface area (Å²) in [6.45, 7) is 0. The van der Waals surface area contributed by atoms with Crippen molar-refractivity contribution in [2.24, 2.45) is 0 Å². The molecule has 0 aliphatic carbocycles. The van der Waals surface area contributed by atoms with Crippen LogP contribution >= 0.6 is 0 Å². The summed E-state index contributed by atoms with van der Waals surface area (Å²) in [5.41, 5.74) is 4.25. The molecule has 0 saturated carbocycles. The molecule has 0 spiro atoms. The molecule has 3 heteroatoms. The molecule has 1 aromatic heterocycles. The van der Waals surface area contributed by atoms with Crippen molar-refractivity contribution >= 4 is 12.0 Å². The van der Waals surface area contributed by atoms with Gasteiger partial charge in [0.2, 0.25) is 5.88 Å². The third-order valence-corrected chi connectivity index (χ3v) is 4.71. The molecule has 1 aliphatic rings. The number of rotatable bonds is 3. The van der Waals surface area contributed by atoms with E-state index >= 15 is 0 Å². The molecule has 1 aliphatic heterocycles. The molecule has 3 aromatic carbocycles. The Morgan fingerprint density at radius 1 is 0.778 bits per heavy atom. The maximum atomic E-state index is 6.31. The Kier molecular flexibility index (Phi) is 3.83. The lowest BCUT2D eigenvalue weighted by Gasteiger charge is -2.10. The van der Waals surface area contributed by atoms with Gasteiger partial charge < -0.3 is 4.74 Å². The summed E-state index contributed by atoms with van der Waals surface area (Å²) in [7, 11) is 0. The summed E-state index contributed by atoms with van der Waals surface area (Å²) in [5, 5.41) is 0. The maximum Gasteiger partial charge on any atom is 0.200 e. The van der Waals surface area contributed by atoms with E-state index in [0.29, 0.717) is 0 Å². The van der Waals surface area contributed by atoms with E-state index in [-0.39, 0.29) is 6.10 Å². The van der Waals surface area contributed by atoms with Gasteiger partial charge in [-0.25, -0.2) is 4.98 Å². The van der Waals surface area contributed by atoms with Crippen molar-refractivity contribution in [1.82, 2.24) is 9.55 Å². The fourth-order valence-corrected chi connectivity index (χ4v) is 3.37. The first kappa shape index (κ1) is 15.6. The molecular weight excluding hydrogens is 332 g/mol. The van der Waals surface area contributed by atoms with Crippen molar-refractivity contribution in [2.75, 3.05) is 0 Å². The lowest BCUT2D eigenvalue weighted by atomic mass is 10.1. The minimum atomic E-state index is -0.210. The van der Waals surface area contributed by atoms with Gasteiger partial charge in [-0.1, -0.05) is 91.0 Å². The van der Waals surface area contributed by atoms with E-state index in [1.807, 2.05) is 54.6 Å². The number of ether oxygens (including phenoxy) is 1. The van der Waals surface area contributed by atoms with Crippen LogP contribution in [0.3, 0.4) is 0 Å². The second-order valence-electron chi connectivity index (χ2n) is 6.52.